The first-order valence-corrected chi connectivity index (χ1v) is 12.4. The second-order valence-corrected chi connectivity index (χ2v) is 10.7. The number of hydrogen-bond acceptors (Lipinski definition) is 6. The highest BCUT2D eigenvalue weighted by molar-refractivity contribution is 6.33. The fraction of sp³-hybridized carbons (Fsp3) is 0.407. The quantitative estimate of drug-likeness (QED) is 0.282. The number of nitrogens with zero attached hydrogens (tertiary/aromatic N) is 1. The number of aromatic nitrogens is 2. The third kappa shape index (κ3) is 6.54. The number of aromatic amines is 1. The first kappa shape index (κ1) is 28.3. The maximum absolute atomic E-state index is 13.3. The molecule has 37 heavy (non-hydrogen) atoms. The number of imidazole rings is 1. The lowest BCUT2D eigenvalue weighted by Gasteiger charge is -2.23. The van der Waals surface area contributed by atoms with E-state index < -0.39 is 30.3 Å². The third-order valence-corrected chi connectivity index (χ3v) is 6.28. The second kappa shape index (κ2) is 11.4. The fourth-order valence-corrected chi connectivity index (χ4v) is 4.10. The number of anilines is 1. The van der Waals surface area contributed by atoms with Crippen LogP contribution in [0.1, 0.15) is 46.2 Å². The van der Waals surface area contributed by atoms with Crippen molar-refractivity contribution in [2.45, 2.75) is 52.2 Å². The molecule has 0 bridgehead atoms. The molecule has 0 saturated heterocycles. The van der Waals surface area contributed by atoms with Crippen molar-refractivity contribution in [3.63, 3.8) is 0 Å². The highest BCUT2D eigenvalue weighted by atomic mass is 35.5. The van der Waals surface area contributed by atoms with Gasteiger partial charge in [-0.3, -0.25) is 4.79 Å². The van der Waals surface area contributed by atoms with Crippen LogP contribution < -0.4 is 15.7 Å². The number of H-pyrrole nitrogens is 1. The molecule has 2 aromatic carbocycles. The fourth-order valence-electron chi connectivity index (χ4n) is 3.87. The van der Waals surface area contributed by atoms with E-state index in [4.69, 9.17) is 21.4 Å². The van der Waals surface area contributed by atoms with Gasteiger partial charge in [0.1, 0.15) is 30.2 Å². The molecule has 1 amide bonds. The number of aromatic hydroxyl groups is 1. The predicted octanol–water partition coefficient (Wildman–Crippen LogP) is 4.07. The number of aliphatic hydroxyl groups excluding tert-OH is 2. The number of aliphatic hydroxyl groups is 2. The molecule has 3 aromatic rings. The van der Waals surface area contributed by atoms with Crippen LogP contribution in [0.15, 0.2) is 47.3 Å². The van der Waals surface area contributed by atoms with E-state index in [0.29, 0.717) is 22.0 Å². The number of benzene rings is 2. The Kier molecular flexibility index (Phi) is 8.73. The molecule has 0 aliphatic carbocycles. The minimum absolute atomic E-state index is 0.0809. The molecule has 1 heterocycles. The lowest BCUT2D eigenvalue weighted by Crippen LogP contribution is -2.35. The van der Waals surface area contributed by atoms with E-state index in [2.05, 4.69) is 31.1 Å². The molecule has 9 nitrogen and oxygen atoms in total. The maximum atomic E-state index is 13.3. The molecular weight excluding hydrogens is 498 g/mol. The van der Waals surface area contributed by atoms with Gasteiger partial charge in [-0.25, -0.2) is 9.36 Å². The lowest BCUT2D eigenvalue weighted by atomic mass is 9.87. The van der Waals surface area contributed by atoms with Crippen molar-refractivity contribution < 1.29 is 24.9 Å². The average molecular weight is 532 g/mol. The van der Waals surface area contributed by atoms with Gasteiger partial charge in [0.05, 0.1) is 17.3 Å². The number of carbonyl (C=O) groups excluding carboxylic acids is 1. The summed E-state index contributed by atoms with van der Waals surface area (Å²) in [6.07, 6.45) is -1.00. The molecule has 0 fully saturated rings. The Morgan fingerprint density at radius 2 is 1.81 bits per heavy atom. The SMILES string of the molecule is CC(C)[C@@H](C(=O)Nc1ccc(C(C)(C)C)cc1Cl)n1c(O)c(-c2ccc(OC[C@H](O)CO)cc2)[nH]c1=O. The number of halogens is 1. The minimum Gasteiger partial charge on any atom is -0.493 e. The zero-order chi connectivity index (χ0) is 27.5. The van der Waals surface area contributed by atoms with E-state index in [1.165, 1.54) is 0 Å². The first-order chi connectivity index (χ1) is 17.3. The minimum atomic E-state index is -1.02. The van der Waals surface area contributed by atoms with Crippen LogP contribution >= 0.6 is 11.6 Å². The van der Waals surface area contributed by atoms with Gasteiger partial charge < -0.3 is 30.4 Å². The summed E-state index contributed by atoms with van der Waals surface area (Å²) in [5.74, 6) is -0.771. The Labute approximate surface area is 220 Å². The Bertz CT molecular complexity index is 1290. The van der Waals surface area contributed by atoms with Crippen LogP contribution in [0.3, 0.4) is 0 Å². The summed E-state index contributed by atoms with van der Waals surface area (Å²) in [4.78, 5) is 28.9. The number of amides is 1. The van der Waals surface area contributed by atoms with E-state index in [9.17, 15) is 19.8 Å². The molecule has 0 aliphatic rings. The van der Waals surface area contributed by atoms with E-state index in [1.807, 2.05) is 6.07 Å². The zero-order valence-electron chi connectivity index (χ0n) is 21.6. The summed E-state index contributed by atoms with van der Waals surface area (Å²) in [5.41, 5.74) is 1.32. The van der Waals surface area contributed by atoms with Gasteiger partial charge in [0.15, 0.2) is 0 Å². The largest absolute Gasteiger partial charge is 0.493 e. The van der Waals surface area contributed by atoms with Gasteiger partial charge in [-0.1, -0.05) is 52.3 Å². The standard InChI is InChI=1S/C27H34ClN3O6/c1-15(2)23(24(34)29-21-11-8-17(12-20(21)28)27(3,4)5)31-25(35)22(30-26(31)36)16-6-9-19(10-7-16)37-14-18(33)13-32/h6-12,15,18,23,32-33,35H,13-14H2,1-5H3,(H,29,34)(H,30,36)/t18-,23+/m1/s1. The van der Waals surface area contributed by atoms with Gasteiger partial charge in [0, 0.05) is 5.56 Å². The highest BCUT2D eigenvalue weighted by Crippen LogP contribution is 2.34. The van der Waals surface area contributed by atoms with E-state index >= 15 is 0 Å². The van der Waals surface area contributed by atoms with Crippen LogP contribution in [-0.2, 0) is 10.2 Å². The molecule has 1 aromatic heterocycles. The first-order valence-electron chi connectivity index (χ1n) is 12.0. The van der Waals surface area contributed by atoms with E-state index in [1.54, 1.807) is 50.2 Å². The Hall–Kier alpha value is -3.27. The maximum Gasteiger partial charge on any atom is 0.329 e. The molecule has 0 saturated carbocycles. The molecule has 10 heteroatoms. The van der Waals surface area contributed by atoms with Gasteiger partial charge in [-0.15, -0.1) is 0 Å². The van der Waals surface area contributed by atoms with Crippen LogP contribution in [0, 0.1) is 5.92 Å². The van der Waals surface area contributed by atoms with Crippen LogP contribution in [0.5, 0.6) is 11.6 Å². The molecule has 0 aliphatic heterocycles. The summed E-state index contributed by atoms with van der Waals surface area (Å²) in [5, 5.41) is 32.5. The second-order valence-electron chi connectivity index (χ2n) is 10.3. The Balaban J connectivity index is 1.87. The van der Waals surface area contributed by atoms with Gasteiger partial charge in [-0.05, 0) is 53.3 Å². The van der Waals surface area contributed by atoms with Crippen molar-refractivity contribution in [3.05, 3.63) is 63.5 Å². The zero-order valence-corrected chi connectivity index (χ0v) is 22.3. The number of nitrogens with one attached hydrogen (secondary N) is 2. The molecule has 0 unspecified atom stereocenters. The number of hydrogen-bond donors (Lipinski definition) is 5. The van der Waals surface area contributed by atoms with Crippen molar-refractivity contribution in [3.8, 4) is 22.9 Å². The van der Waals surface area contributed by atoms with Crippen LogP contribution in [0.25, 0.3) is 11.3 Å². The monoisotopic (exact) mass is 531 g/mol. The van der Waals surface area contributed by atoms with Crippen LogP contribution in [-0.4, -0.2) is 50.1 Å². The summed E-state index contributed by atoms with van der Waals surface area (Å²) in [7, 11) is 0. The summed E-state index contributed by atoms with van der Waals surface area (Å²) in [6, 6.07) is 10.9. The van der Waals surface area contributed by atoms with Crippen LogP contribution in [0.2, 0.25) is 5.02 Å². The van der Waals surface area contributed by atoms with Crippen molar-refractivity contribution in [1.82, 2.24) is 9.55 Å². The molecule has 5 N–H and O–H groups in total. The Morgan fingerprint density at radius 3 is 2.35 bits per heavy atom. The van der Waals surface area contributed by atoms with Crippen molar-refractivity contribution in [1.29, 1.82) is 0 Å². The van der Waals surface area contributed by atoms with Gasteiger partial charge in [-0.2, -0.15) is 0 Å². The normalized spacial score (nSPS) is 13.4. The molecule has 200 valence electrons. The van der Waals surface area contributed by atoms with E-state index in [0.717, 1.165) is 10.1 Å². The molecular formula is C27H34ClN3O6. The Morgan fingerprint density at radius 1 is 1.16 bits per heavy atom. The summed E-state index contributed by atoms with van der Waals surface area (Å²) >= 11 is 6.44. The smallest absolute Gasteiger partial charge is 0.329 e. The number of rotatable bonds is 9. The average Bonchev–Trinajstić information content (AvgIpc) is 3.12. The summed E-state index contributed by atoms with van der Waals surface area (Å²) in [6.45, 7) is 9.24. The third-order valence-electron chi connectivity index (χ3n) is 5.97. The predicted molar refractivity (Wildman–Crippen MR) is 143 cm³/mol. The van der Waals surface area contributed by atoms with Crippen molar-refractivity contribution in [2.24, 2.45) is 5.92 Å². The topological polar surface area (TPSA) is 137 Å². The van der Waals surface area contributed by atoms with Crippen LogP contribution in [0.4, 0.5) is 5.69 Å². The van der Waals surface area contributed by atoms with Crippen molar-refractivity contribution in [2.75, 3.05) is 18.5 Å². The van der Waals surface area contributed by atoms with Gasteiger partial charge in [0.25, 0.3) is 0 Å². The van der Waals surface area contributed by atoms with E-state index in [-0.39, 0.29) is 29.5 Å². The molecule has 2 atom stereocenters. The molecule has 0 radical (unpaired) electrons. The number of ether oxygens (including phenoxy) is 1. The van der Waals surface area contributed by atoms with Gasteiger partial charge in [0.2, 0.25) is 11.8 Å². The van der Waals surface area contributed by atoms with Crippen molar-refractivity contribution >= 4 is 23.2 Å². The lowest BCUT2D eigenvalue weighted by molar-refractivity contribution is -0.120. The number of carbonyl (C=O) groups is 1. The summed E-state index contributed by atoms with van der Waals surface area (Å²) < 4.78 is 6.43. The molecule has 0 spiro atoms. The molecule has 3 rings (SSSR count). The van der Waals surface area contributed by atoms with Gasteiger partial charge >= 0.3 is 5.69 Å². The highest BCUT2D eigenvalue weighted by Gasteiger charge is 2.31.